The molecule has 0 amide bonds. The summed E-state index contributed by atoms with van der Waals surface area (Å²) in [6.45, 7) is 14.4. The number of fused-ring (bicyclic) bond motifs is 1. The van der Waals surface area contributed by atoms with Crippen LogP contribution in [-0.2, 0) is 0 Å². The fourth-order valence-corrected chi connectivity index (χ4v) is 4.17. The van der Waals surface area contributed by atoms with E-state index >= 15 is 0 Å². The number of benzene rings is 1. The van der Waals surface area contributed by atoms with E-state index in [1.807, 2.05) is 19.9 Å². The average molecular weight is 367 g/mol. The maximum atomic E-state index is 14.9. The first-order valence-corrected chi connectivity index (χ1v) is 9.98. The van der Waals surface area contributed by atoms with Crippen LogP contribution in [0.1, 0.15) is 69.2 Å². The van der Waals surface area contributed by atoms with E-state index in [0.29, 0.717) is 11.8 Å². The third-order valence-electron chi connectivity index (χ3n) is 5.35. The fourth-order valence-electron chi connectivity index (χ4n) is 4.17. The van der Waals surface area contributed by atoms with Gasteiger partial charge in [0.2, 0.25) is 0 Å². The lowest BCUT2D eigenvalue weighted by molar-refractivity contribution is 0.445. The molecule has 0 spiro atoms. The normalized spacial score (nSPS) is 16.7. The van der Waals surface area contributed by atoms with Crippen molar-refractivity contribution in [2.24, 2.45) is 0 Å². The summed E-state index contributed by atoms with van der Waals surface area (Å²) in [5.74, 6) is 0.544. The Morgan fingerprint density at radius 1 is 1.26 bits per heavy atom. The molecule has 1 aliphatic heterocycles. The topological polar surface area (TPSA) is 27.8 Å². The molecule has 0 saturated carbocycles. The minimum absolute atomic E-state index is 0.0889. The quantitative estimate of drug-likeness (QED) is 0.586. The molecule has 2 aromatic rings. The van der Waals surface area contributed by atoms with E-state index in [-0.39, 0.29) is 5.82 Å². The second kappa shape index (κ2) is 8.26. The molecule has 3 heteroatoms. The summed E-state index contributed by atoms with van der Waals surface area (Å²) in [7, 11) is 0. The van der Waals surface area contributed by atoms with Crippen molar-refractivity contribution >= 4 is 16.5 Å². The number of halogens is 1. The van der Waals surface area contributed by atoms with E-state index in [1.165, 1.54) is 5.56 Å². The second-order valence-electron chi connectivity index (χ2n) is 7.96. The molecule has 3 rings (SSSR count). The van der Waals surface area contributed by atoms with Crippen LogP contribution in [0.3, 0.4) is 0 Å². The number of hydrogen-bond acceptors (Lipinski definition) is 1. The summed E-state index contributed by atoms with van der Waals surface area (Å²) < 4.78 is 14.9. The summed E-state index contributed by atoms with van der Waals surface area (Å²) >= 11 is 0. The van der Waals surface area contributed by atoms with Crippen molar-refractivity contribution in [2.75, 3.05) is 13.1 Å². The lowest BCUT2D eigenvalue weighted by Gasteiger charge is -2.23. The minimum Gasteiger partial charge on any atom is -0.354 e. The third kappa shape index (κ3) is 4.08. The Bertz CT molecular complexity index is 893. The maximum Gasteiger partial charge on any atom is 0.128 e. The van der Waals surface area contributed by atoms with Gasteiger partial charge in [-0.1, -0.05) is 44.2 Å². The maximum absolute atomic E-state index is 14.9. The van der Waals surface area contributed by atoms with Gasteiger partial charge in [0, 0.05) is 16.6 Å². The van der Waals surface area contributed by atoms with Crippen LogP contribution in [0.5, 0.6) is 0 Å². The molecule has 1 aromatic heterocycles. The van der Waals surface area contributed by atoms with Gasteiger partial charge < -0.3 is 10.3 Å². The molecule has 1 saturated heterocycles. The zero-order chi connectivity index (χ0) is 19.6. The van der Waals surface area contributed by atoms with Crippen LogP contribution in [0.2, 0.25) is 0 Å². The Kier molecular flexibility index (Phi) is 6.01. The number of rotatable bonds is 5. The SMILES string of the molecule is C=C(C)/C=C(\C=C/C)c1[nH]c2cc(F)c(C3CCNCC3)cc2c1C(C)C. The lowest BCUT2D eigenvalue weighted by atomic mass is 9.87. The molecule has 0 bridgehead atoms. The number of nitrogens with one attached hydrogen (secondary N) is 2. The largest absolute Gasteiger partial charge is 0.354 e. The van der Waals surface area contributed by atoms with Gasteiger partial charge in [-0.05, 0) is 80.4 Å². The standard InChI is InChI=1S/C24H31FN2/c1-6-7-18(12-15(2)3)24-23(16(4)5)20-13-19(17-8-10-26-11-9-17)21(25)14-22(20)27-24/h6-7,12-14,16-17,26-27H,2,8-11H2,1,3-5H3/b7-6-,18-12+. The molecule has 27 heavy (non-hydrogen) atoms. The molecule has 0 radical (unpaired) electrons. The second-order valence-corrected chi connectivity index (χ2v) is 7.96. The average Bonchev–Trinajstić information content (AvgIpc) is 2.99. The Balaban J connectivity index is 2.21. The molecule has 2 N–H and O–H groups in total. The molecule has 1 aromatic carbocycles. The zero-order valence-electron chi connectivity index (χ0n) is 17.0. The van der Waals surface area contributed by atoms with Crippen LogP contribution in [0.4, 0.5) is 4.39 Å². The Morgan fingerprint density at radius 2 is 1.96 bits per heavy atom. The van der Waals surface area contributed by atoms with Crippen molar-refractivity contribution in [1.29, 1.82) is 0 Å². The summed E-state index contributed by atoms with van der Waals surface area (Å²) in [6.07, 6.45) is 8.20. The van der Waals surface area contributed by atoms with E-state index < -0.39 is 0 Å². The van der Waals surface area contributed by atoms with Crippen LogP contribution in [-0.4, -0.2) is 18.1 Å². The van der Waals surface area contributed by atoms with E-state index in [9.17, 15) is 4.39 Å². The van der Waals surface area contributed by atoms with Gasteiger partial charge >= 0.3 is 0 Å². The van der Waals surface area contributed by atoms with Crippen molar-refractivity contribution in [3.8, 4) is 0 Å². The van der Waals surface area contributed by atoms with E-state index in [0.717, 1.165) is 59.2 Å². The van der Waals surface area contributed by atoms with Gasteiger partial charge in [-0.25, -0.2) is 4.39 Å². The first-order chi connectivity index (χ1) is 12.9. The molecule has 1 fully saturated rings. The number of aromatic nitrogens is 1. The lowest BCUT2D eigenvalue weighted by Crippen LogP contribution is -2.27. The first-order valence-electron chi connectivity index (χ1n) is 9.98. The zero-order valence-corrected chi connectivity index (χ0v) is 17.0. The van der Waals surface area contributed by atoms with Crippen LogP contribution >= 0.6 is 0 Å². The van der Waals surface area contributed by atoms with Crippen molar-refractivity contribution < 1.29 is 4.39 Å². The number of hydrogen-bond donors (Lipinski definition) is 2. The van der Waals surface area contributed by atoms with E-state index in [2.05, 4.69) is 48.9 Å². The van der Waals surface area contributed by atoms with Gasteiger partial charge in [0.25, 0.3) is 0 Å². The smallest absolute Gasteiger partial charge is 0.128 e. The van der Waals surface area contributed by atoms with Crippen molar-refractivity contribution in [1.82, 2.24) is 10.3 Å². The predicted molar refractivity (Wildman–Crippen MR) is 115 cm³/mol. The molecule has 2 nitrogen and oxygen atoms in total. The number of aromatic amines is 1. The molecule has 2 heterocycles. The highest BCUT2D eigenvalue weighted by Crippen LogP contribution is 2.38. The molecule has 0 aliphatic carbocycles. The Hall–Kier alpha value is -2.13. The molecule has 1 aliphatic rings. The van der Waals surface area contributed by atoms with E-state index in [1.54, 1.807) is 6.07 Å². The van der Waals surface area contributed by atoms with Crippen molar-refractivity contribution in [3.05, 3.63) is 65.2 Å². The van der Waals surface area contributed by atoms with Gasteiger partial charge in [0.05, 0.1) is 0 Å². The van der Waals surface area contributed by atoms with Crippen molar-refractivity contribution in [2.45, 2.75) is 52.4 Å². The third-order valence-corrected chi connectivity index (χ3v) is 5.35. The summed E-state index contributed by atoms with van der Waals surface area (Å²) in [5, 5.41) is 4.52. The monoisotopic (exact) mass is 366 g/mol. The van der Waals surface area contributed by atoms with Gasteiger partial charge in [-0.15, -0.1) is 0 Å². The van der Waals surface area contributed by atoms with Gasteiger partial charge in [-0.2, -0.15) is 0 Å². The van der Waals surface area contributed by atoms with Crippen molar-refractivity contribution in [3.63, 3.8) is 0 Å². The van der Waals surface area contributed by atoms with Crippen LogP contribution < -0.4 is 5.32 Å². The predicted octanol–water partition coefficient (Wildman–Crippen LogP) is 6.43. The highest BCUT2D eigenvalue weighted by atomic mass is 19.1. The molecule has 0 unspecified atom stereocenters. The summed E-state index contributed by atoms with van der Waals surface area (Å²) in [6, 6.07) is 3.79. The molecular weight excluding hydrogens is 335 g/mol. The highest BCUT2D eigenvalue weighted by molar-refractivity contribution is 5.92. The fraction of sp³-hybridized carbons (Fsp3) is 0.417. The van der Waals surface area contributed by atoms with Crippen LogP contribution in [0, 0.1) is 5.82 Å². The Morgan fingerprint density at radius 3 is 2.56 bits per heavy atom. The Labute approximate surface area is 162 Å². The van der Waals surface area contributed by atoms with Gasteiger partial charge in [0.15, 0.2) is 0 Å². The molecular formula is C24H31FN2. The molecule has 0 atom stereocenters. The molecule has 144 valence electrons. The van der Waals surface area contributed by atoms with Gasteiger partial charge in [-0.3, -0.25) is 0 Å². The highest BCUT2D eigenvalue weighted by Gasteiger charge is 2.23. The van der Waals surface area contributed by atoms with E-state index in [4.69, 9.17) is 0 Å². The minimum atomic E-state index is -0.0889. The number of H-pyrrole nitrogens is 1. The van der Waals surface area contributed by atoms with Crippen LogP contribution in [0.15, 0.2) is 42.5 Å². The van der Waals surface area contributed by atoms with Gasteiger partial charge in [0.1, 0.15) is 5.82 Å². The van der Waals surface area contributed by atoms with Crippen LogP contribution in [0.25, 0.3) is 16.5 Å². The first kappa shape index (κ1) is 19.6. The number of allylic oxidation sites excluding steroid dienone is 5. The summed E-state index contributed by atoms with van der Waals surface area (Å²) in [5.41, 5.74) is 6.16. The summed E-state index contributed by atoms with van der Waals surface area (Å²) in [4.78, 5) is 3.49. The number of piperidine rings is 1.